The first-order chi connectivity index (χ1) is 9.80. The van der Waals surface area contributed by atoms with E-state index in [0.29, 0.717) is 23.8 Å². The molecule has 3 heteroatoms. The minimum Gasteiger partial charge on any atom is -0.343 e. The summed E-state index contributed by atoms with van der Waals surface area (Å²) in [5, 5.41) is 3.70. The van der Waals surface area contributed by atoms with Gasteiger partial charge in [-0.1, -0.05) is 19.3 Å². The van der Waals surface area contributed by atoms with Gasteiger partial charge in [-0.05, 0) is 50.4 Å². The number of nitrogens with one attached hydrogen (secondary N) is 1. The van der Waals surface area contributed by atoms with E-state index in [1.54, 1.807) is 0 Å². The van der Waals surface area contributed by atoms with Gasteiger partial charge in [-0.2, -0.15) is 0 Å². The molecular weight excluding hydrogens is 248 g/mol. The summed E-state index contributed by atoms with van der Waals surface area (Å²) in [6.07, 6.45) is 14.3. The summed E-state index contributed by atoms with van der Waals surface area (Å²) in [5.41, 5.74) is 0.617. The molecule has 0 aromatic heterocycles. The lowest BCUT2D eigenvalue weighted by molar-refractivity contribution is -0.132. The Kier molecular flexibility index (Phi) is 4.65. The van der Waals surface area contributed by atoms with Crippen molar-refractivity contribution in [3.05, 3.63) is 0 Å². The van der Waals surface area contributed by atoms with Gasteiger partial charge in [-0.15, -0.1) is 0 Å². The molecule has 2 saturated carbocycles. The monoisotopic (exact) mass is 278 g/mol. The van der Waals surface area contributed by atoms with E-state index in [9.17, 15) is 4.79 Å². The predicted octanol–water partition coefficient (Wildman–Crippen LogP) is 3.09. The van der Waals surface area contributed by atoms with Gasteiger partial charge in [0.2, 0.25) is 5.91 Å². The molecule has 1 unspecified atom stereocenters. The largest absolute Gasteiger partial charge is 0.343 e. The lowest BCUT2D eigenvalue weighted by Gasteiger charge is -2.52. The van der Waals surface area contributed by atoms with Crippen LogP contribution in [0.1, 0.15) is 70.6 Å². The number of hydrogen-bond acceptors (Lipinski definition) is 2. The molecule has 3 fully saturated rings. The number of rotatable bonds is 4. The van der Waals surface area contributed by atoms with Gasteiger partial charge >= 0.3 is 0 Å². The standard InChI is InChI=1S/C17H30N2O/c20-16(19-13-5-2-6-14-19)8-12-18-15-7-11-17(15)9-3-1-4-10-17/h15,18H,1-14H2. The average molecular weight is 278 g/mol. The summed E-state index contributed by atoms with van der Waals surface area (Å²) in [5.74, 6) is 0.370. The van der Waals surface area contributed by atoms with Crippen LogP contribution in [0.25, 0.3) is 0 Å². The number of nitrogens with zero attached hydrogens (tertiary/aromatic N) is 1. The summed E-state index contributed by atoms with van der Waals surface area (Å²) in [7, 11) is 0. The van der Waals surface area contributed by atoms with E-state index >= 15 is 0 Å². The number of carbonyl (C=O) groups excluding carboxylic acids is 1. The van der Waals surface area contributed by atoms with E-state index in [4.69, 9.17) is 0 Å². The summed E-state index contributed by atoms with van der Waals surface area (Å²) in [4.78, 5) is 14.2. The van der Waals surface area contributed by atoms with Crippen molar-refractivity contribution in [2.75, 3.05) is 19.6 Å². The lowest BCUT2D eigenvalue weighted by atomic mass is 9.57. The first kappa shape index (κ1) is 14.4. The summed E-state index contributed by atoms with van der Waals surface area (Å²) >= 11 is 0. The van der Waals surface area contributed by atoms with E-state index < -0.39 is 0 Å². The summed E-state index contributed by atoms with van der Waals surface area (Å²) < 4.78 is 0. The van der Waals surface area contributed by atoms with Crippen LogP contribution >= 0.6 is 0 Å². The van der Waals surface area contributed by atoms with Crippen LogP contribution in [0.3, 0.4) is 0 Å². The van der Waals surface area contributed by atoms with E-state index in [-0.39, 0.29) is 0 Å². The second-order valence-corrected chi connectivity index (χ2v) is 7.16. The van der Waals surface area contributed by atoms with Crippen molar-refractivity contribution in [3.8, 4) is 0 Å². The fourth-order valence-corrected chi connectivity index (χ4v) is 4.52. The zero-order valence-corrected chi connectivity index (χ0v) is 12.8. The Bertz CT molecular complexity index is 330. The Morgan fingerprint density at radius 2 is 1.70 bits per heavy atom. The number of hydrogen-bond donors (Lipinski definition) is 1. The first-order valence-corrected chi connectivity index (χ1v) is 8.81. The molecule has 1 aliphatic heterocycles. The maximum atomic E-state index is 12.1. The van der Waals surface area contributed by atoms with E-state index in [2.05, 4.69) is 10.2 Å². The molecule has 114 valence electrons. The van der Waals surface area contributed by atoms with Crippen LogP contribution in [-0.2, 0) is 4.79 Å². The van der Waals surface area contributed by atoms with Gasteiger partial charge in [0.15, 0.2) is 0 Å². The topological polar surface area (TPSA) is 32.3 Å². The number of likely N-dealkylation sites (tertiary alicyclic amines) is 1. The number of amides is 1. The highest BCUT2D eigenvalue weighted by Crippen LogP contribution is 2.51. The van der Waals surface area contributed by atoms with Crippen molar-refractivity contribution < 1.29 is 4.79 Å². The van der Waals surface area contributed by atoms with Crippen molar-refractivity contribution in [2.24, 2.45) is 5.41 Å². The third kappa shape index (κ3) is 3.03. The number of piperidine rings is 1. The molecule has 3 rings (SSSR count). The van der Waals surface area contributed by atoms with Gasteiger partial charge in [0.25, 0.3) is 0 Å². The van der Waals surface area contributed by atoms with Crippen molar-refractivity contribution in [3.63, 3.8) is 0 Å². The van der Waals surface area contributed by atoms with Crippen LogP contribution in [0.2, 0.25) is 0 Å². The quantitative estimate of drug-likeness (QED) is 0.857. The normalized spacial score (nSPS) is 29.2. The van der Waals surface area contributed by atoms with Gasteiger partial charge < -0.3 is 10.2 Å². The van der Waals surface area contributed by atoms with Crippen LogP contribution in [0, 0.1) is 5.41 Å². The van der Waals surface area contributed by atoms with E-state index in [1.165, 1.54) is 64.2 Å². The van der Waals surface area contributed by atoms with Crippen LogP contribution in [0.4, 0.5) is 0 Å². The molecule has 3 nitrogen and oxygen atoms in total. The fourth-order valence-electron chi connectivity index (χ4n) is 4.52. The van der Waals surface area contributed by atoms with Gasteiger partial charge in [0, 0.05) is 32.1 Å². The molecule has 0 aromatic rings. The third-order valence-corrected chi connectivity index (χ3v) is 5.96. The van der Waals surface area contributed by atoms with E-state index in [1.807, 2.05) is 0 Å². The fraction of sp³-hybridized carbons (Fsp3) is 0.941. The van der Waals surface area contributed by atoms with Gasteiger partial charge in [0.1, 0.15) is 0 Å². The Balaban J connectivity index is 1.38. The Hall–Kier alpha value is -0.570. The molecule has 1 heterocycles. The maximum absolute atomic E-state index is 12.1. The van der Waals surface area contributed by atoms with Gasteiger partial charge in [-0.3, -0.25) is 4.79 Å². The van der Waals surface area contributed by atoms with Crippen LogP contribution < -0.4 is 5.32 Å². The predicted molar refractivity (Wildman–Crippen MR) is 81.6 cm³/mol. The van der Waals surface area contributed by atoms with Gasteiger partial charge in [-0.25, -0.2) is 0 Å². The maximum Gasteiger partial charge on any atom is 0.223 e. The molecule has 1 atom stereocenters. The minimum atomic E-state index is 0.370. The zero-order chi connectivity index (χ0) is 13.8. The highest BCUT2D eigenvalue weighted by atomic mass is 16.2. The smallest absolute Gasteiger partial charge is 0.223 e. The first-order valence-electron chi connectivity index (χ1n) is 8.81. The second-order valence-electron chi connectivity index (χ2n) is 7.16. The third-order valence-electron chi connectivity index (χ3n) is 5.96. The molecule has 0 bridgehead atoms. The van der Waals surface area contributed by atoms with Crippen LogP contribution in [0.15, 0.2) is 0 Å². The molecular formula is C17H30N2O. The summed E-state index contributed by atoms with van der Waals surface area (Å²) in [6, 6.07) is 0.706. The SMILES string of the molecule is O=C(CCNC1CCC12CCCCC2)N1CCCCC1. The summed E-state index contributed by atoms with van der Waals surface area (Å²) in [6.45, 7) is 2.88. The minimum absolute atomic E-state index is 0.370. The molecule has 0 aromatic carbocycles. The van der Waals surface area contributed by atoms with Crippen molar-refractivity contribution in [1.82, 2.24) is 10.2 Å². The Labute approximate surface area is 123 Å². The van der Waals surface area contributed by atoms with Crippen molar-refractivity contribution in [2.45, 2.75) is 76.7 Å². The second kappa shape index (κ2) is 6.46. The lowest BCUT2D eigenvalue weighted by Crippen LogP contribution is -2.54. The molecule has 1 amide bonds. The van der Waals surface area contributed by atoms with Crippen molar-refractivity contribution >= 4 is 5.91 Å². The average Bonchev–Trinajstić information content (AvgIpc) is 2.52. The van der Waals surface area contributed by atoms with Gasteiger partial charge in [0.05, 0.1) is 0 Å². The number of carbonyl (C=O) groups is 1. The van der Waals surface area contributed by atoms with Crippen molar-refractivity contribution in [1.29, 1.82) is 0 Å². The van der Waals surface area contributed by atoms with E-state index in [0.717, 1.165) is 19.6 Å². The van der Waals surface area contributed by atoms with Crippen LogP contribution in [-0.4, -0.2) is 36.5 Å². The molecule has 1 spiro atoms. The zero-order valence-electron chi connectivity index (χ0n) is 12.8. The van der Waals surface area contributed by atoms with Crippen LogP contribution in [0.5, 0.6) is 0 Å². The Morgan fingerprint density at radius 1 is 1.00 bits per heavy atom. The molecule has 0 radical (unpaired) electrons. The highest BCUT2D eigenvalue weighted by Gasteiger charge is 2.46. The Morgan fingerprint density at radius 3 is 2.35 bits per heavy atom. The molecule has 3 aliphatic rings. The molecule has 1 N–H and O–H groups in total. The molecule has 20 heavy (non-hydrogen) atoms. The highest BCUT2D eigenvalue weighted by molar-refractivity contribution is 5.76. The molecule has 1 saturated heterocycles. The molecule has 2 aliphatic carbocycles.